The van der Waals surface area contributed by atoms with Gasteiger partial charge in [-0.05, 0) is 46.1 Å². The third-order valence-corrected chi connectivity index (χ3v) is 6.48. The number of carbonyl (C=O) groups excluding carboxylic acids is 5. The molecular weight excluding hydrogens is 492 g/mol. The van der Waals surface area contributed by atoms with Gasteiger partial charge in [0.2, 0.25) is 23.6 Å². The zero-order valence-corrected chi connectivity index (χ0v) is 23.8. The monoisotopic (exact) mass is 538 g/mol. The summed E-state index contributed by atoms with van der Waals surface area (Å²) in [6.07, 6.45) is 4.46. The van der Waals surface area contributed by atoms with Gasteiger partial charge in [0.25, 0.3) is 0 Å². The highest BCUT2D eigenvalue weighted by Gasteiger charge is 2.38. The van der Waals surface area contributed by atoms with Gasteiger partial charge in [-0.2, -0.15) is 0 Å². The molecule has 0 aromatic rings. The maximum absolute atomic E-state index is 13.2. The van der Waals surface area contributed by atoms with E-state index in [9.17, 15) is 24.0 Å². The number of amides is 5. The highest BCUT2D eigenvalue weighted by Crippen LogP contribution is 2.21. The van der Waals surface area contributed by atoms with E-state index in [1.165, 1.54) is 7.05 Å². The van der Waals surface area contributed by atoms with E-state index in [1.54, 1.807) is 32.6 Å². The molecule has 12 heteroatoms. The second kappa shape index (κ2) is 16.6. The normalized spacial score (nSPS) is 18.4. The standard InChI is InChI=1S/C26H46N6O6/c1-8-38-26(37)29-14-13-19(22(33)28-7)30-24(35)21(16(2)3)31-23(34)20-10-9-15-32(20)25(36)17(4)11-12-18(5)27-6/h11-12,16-21,27H,8-10,13-15H2,1-7H3,(H,28,33)(H,29,37)(H,30,35)(H,31,34)/b12-11+/t17-,18-,19-,20?,21-/m0/s1. The zero-order valence-electron chi connectivity index (χ0n) is 23.8. The van der Waals surface area contributed by atoms with Gasteiger partial charge in [0.15, 0.2) is 0 Å². The van der Waals surface area contributed by atoms with Crippen molar-refractivity contribution in [3.63, 3.8) is 0 Å². The Morgan fingerprint density at radius 2 is 1.68 bits per heavy atom. The van der Waals surface area contributed by atoms with Gasteiger partial charge in [-0.3, -0.25) is 19.2 Å². The summed E-state index contributed by atoms with van der Waals surface area (Å²) in [5.74, 6) is -2.16. The molecule has 1 aliphatic rings. The summed E-state index contributed by atoms with van der Waals surface area (Å²) in [5.41, 5.74) is 0. The molecule has 0 bridgehead atoms. The number of nitrogens with zero attached hydrogens (tertiary/aromatic N) is 1. The lowest BCUT2D eigenvalue weighted by Gasteiger charge is -2.29. The third kappa shape index (κ3) is 10.3. The van der Waals surface area contributed by atoms with Crippen LogP contribution in [0.2, 0.25) is 0 Å². The van der Waals surface area contributed by atoms with E-state index >= 15 is 0 Å². The minimum atomic E-state index is -0.926. The van der Waals surface area contributed by atoms with Crippen molar-refractivity contribution < 1.29 is 28.7 Å². The summed E-state index contributed by atoms with van der Waals surface area (Å²) >= 11 is 0. The number of carbonyl (C=O) groups is 5. The molecule has 12 nitrogen and oxygen atoms in total. The number of likely N-dealkylation sites (N-methyl/N-ethyl adjacent to an activating group) is 2. The number of ether oxygens (including phenoxy) is 1. The Morgan fingerprint density at radius 3 is 2.26 bits per heavy atom. The van der Waals surface area contributed by atoms with Gasteiger partial charge in [0.1, 0.15) is 18.1 Å². The van der Waals surface area contributed by atoms with E-state index in [2.05, 4.69) is 26.6 Å². The van der Waals surface area contributed by atoms with Gasteiger partial charge in [0, 0.05) is 26.2 Å². The minimum Gasteiger partial charge on any atom is -0.450 e. The third-order valence-electron chi connectivity index (χ3n) is 6.48. The molecule has 1 saturated heterocycles. The molecule has 0 aromatic heterocycles. The van der Waals surface area contributed by atoms with Crippen LogP contribution < -0.4 is 26.6 Å². The summed E-state index contributed by atoms with van der Waals surface area (Å²) in [6, 6.07) is -2.39. The van der Waals surface area contributed by atoms with E-state index in [4.69, 9.17) is 4.74 Å². The van der Waals surface area contributed by atoms with Crippen molar-refractivity contribution >= 4 is 29.7 Å². The first-order chi connectivity index (χ1) is 18.0. The first-order valence-electron chi connectivity index (χ1n) is 13.4. The van der Waals surface area contributed by atoms with E-state index in [0.29, 0.717) is 19.4 Å². The molecule has 1 rings (SSSR count). The Kier molecular flexibility index (Phi) is 14.4. The number of hydrogen-bond acceptors (Lipinski definition) is 7. The molecule has 0 radical (unpaired) electrons. The first kappa shape index (κ1) is 32.9. The molecule has 1 unspecified atom stereocenters. The molecule has 1 aliphatic heterocycles. The summed E-state index contributed by atoms with van der Waals surface area (Å²) in [5, 5.41) is 13.6. The maximum Gasteiger partial charge on any atom is 0.407 e. The topological polar surface area (TPSA) is 158 Å². The van der Waals surface area contributed by atoms with Crippen LogP contribution in [0.15, 0.2) is 12.2 Å². The van der Waals surface area contributed by atoms with Crippen LogP contribution >= 0.6 is 0 Å². The van der Waals surface area contributed by atoms with Crippen molar-refractivity contribution in [1.82, 2.24) is 31.5 Å². The molecule has 1 fully saturated rings. The highest BCUT2D eigenvalue weighted by molar-refractivity contribution is 5.95. The lowest BCUT2D eigenvalue weighted by Crippen LogP contribution is -2.58. The van der Waals surface area contributed by atoms with E-state index in [1.807, 2.05) is 26.1 Å². The molecule has 0 saturated carbocycles. The Morgan fingerprint density at radius 1 is 1.00 bits per heavy atom. The average Bonchev–Trinajstić information content (AvgIpc) is 3.38. The van der Waals surface area contributed by atoms with Gasteiger partial charge >= 0.3 is 6.09 Å². The molecular formula is C26H46N6O6. The lowest BCUT2D eigenvalue weighted by atomic mass is 10.0. The smallest absolute Gasteiger partial charge is 0.407 e. The average molecular weight is 539 g/mol. The molecule has 216 valence electrons. The van der Waals surface area contributed by atoms with Crippen LogP contribution in [0.5, 0.6) is 0 Å². The molecule has 0 aromatic carbocycles. The van der Waals surface area contributed by atoms with Crippen LogP contribution in [-0.2, 0) is 23.9 Å². The van der Waals surface area contributed by atoms with Gasteiger partial charge < -0.3 is 36.2 Å². The minimum absolute atomic E-state index is 0.106. The van der Waals surface area contributed by atoms with Crippen LogP contribution in [0.3, 0.4) is 0 Å². The number of likely N-dealkylation sites (tertiary alicyclic amines) is 1. The van der Waals surface area contributed by atoms with Crippen LogP contribution in [0.1, 0.15) is 53.9 Å². The van der Waals surface area contributed by atoms with Crippen molar-refractivity contribution in [2.24, 2.45) is 11.8 Å². The molecule has 5 N–H and O–H groups in total. The van der Waals surface area contributed by atoms with Crippen LogP contribution in [0.25, 0.3) is 0 Å². The highest BCUT2D eigenvalue weighted by atomic mass is 16.5. The summed E-state index contributed by atoms with van der Waals surface area (Å²) in [6.45, 7) is 9.82. The predicted octanol–water partition coefficient (Wildman–Crippen LogP) is 0.285. The fourth-order valence-corrected chi connectivity index (χ4v) is 4.07. The number of hydrogen-bond donors (Lipinski definition) is 5. The second-order valence-electron chi connectivity index (χ2n) is 9.78. The molecule has 5 amide bonds. The number of alkyl carbamates (subject to hydrolysis) is 1. The maximum atomic E-state index is 13.2. The molecule has 5 atom stereocenters. The van der Waals surface area contributed by atoms with Crippen LogP contribution in [-0.4, -0.2) is 92.6 Å². The van der Waals surface area contributed by atoms with Crippen molar-refractivity contribution in [2.75, 3.05) is 33.8 Å². The largest absolute Gasteiger partial charge is 0.450 e. The summed E-state index contributed by atoms with van der Waals surface area (Å²) in [7, 11) is 3.28. The fourth-order valence-electron chi connectivity index (χ4n) is 4.07. The van der Waals surface area contributed by atoms with Crippen molar-refractivity contribution in [1.29, 1.82) is 0 Å². The summed E-state index contributed by atoms with van der Waals surface area (Å²) in [4.78, 5) is 64.9. The van der Waals surface area contributed by atoms with Crippen molar-refractivity contribution in [2.45, 2.75) is 78.0 Å². The first-order valence-corrected chi connectivity index (χ1v) is 13.4. The van der Waals surface area contributed by atoms with Gasteiger partial charge in [-0.15, -0.1) is 0 Å². The SMILES string of the molecule is CCOC(=O)NCC[C@H](NC(=O)[C@@H](NC(=O)C1CCCN1C(=O)[C@@H](C)/C=C/[C@H](C)NC)C(C)C)C(=O)NC. The van der Waals surface area contributed by atoms with E-state index in [-0.39, 0.29) is 43.4 Å². The molecule has 0 aliphatic carbocycles. The number of nitrogens with one attached hydrogen (secondary N) is 5. The van der Waals surface area contributed by atoms with E-state index < -0.39 is 41.9 Å². The Hall–Kier alpha value is -3.15. The Bertz CT molecular complexity index is 848. The molecule has 38 heavy (non-hydrogen) atoms. The second-order valence-corrected chi connectivity index (χ2v) is 9.78. The van der Waals surface area contributed by atoms with Gasteiger partial charge in [-0.25, -0.2) is 4.79 Å². The van der Waals surface area contributed by atoms with Gasteiger partial charge in [-0.1, -0.05) is 32.9 Å². The quantitative estimate of drug-likeness (QED) is 0.199. The molecule has 0 spiro atoms. The summed E-state index contributed by atoms with van der Waals surface area (Å²) < 4.78 is 4.80. The predicted molar refractivity (Wildman–Crippen MR) is 144 cm³/mol. The molecule has 1 heterocycles. The van der Waals surface area contributed by atoms with E-state index in [0.717, 1.165) is 0 Å². The fraction of sp³-hybridized carbons (Fsp3) is 0.731. The van der Waals surface area contributed by atoms with Crippen molar-refractivity contribution in [3.05, 3.63) is 12.2 Å². The van der Waals surface area contributed by atoms with Gasteiger partial charge in [0.05, 0.1) is 12.5 Å². The Balaban J connectivity index is 2.87. The van der Waals surface area contributed by atoms with Crippen LogP contribution in [0, 0.1) is 11.8 Å². The Labute approximate surface area is 226 Å². The van der Waals surface area contributed by atoms with Crippen molar-refractivity contribution in [3.8, 4) is 0 Å². The number of rotatable bonds is 14. The zero-order chi connectivity index (χ0) is 28.8. The van der Waals surface area contributed by atoms with Crippen LogP contribution in [0.4, 0.5) is 4.79 Å². The lowest BCUT2D eigenvalue weighted by molar-refractivity contribution is -0.141.